The van der Waals surface area contributed by atoms with E-state index in [0.29, 0.717) is 30.0 Å². The molecular formula is C25H30F3N3O3. The molecule has 0 bridgehead atoms. The highest BCUT2D eigenvalue weighted by Gasteiger charge is 2.36. The van der Waals surface area contributed by atoms with Gasteiger partial charge < -0.3 is 19.3 Å². The predicted molar refractivity (Wildman–Crippen MR) is 122 cm³/mol. The van der Waals surface area contributed by atoms with Crippen molar-refractivity contribution in [2.24, 2.45) is 0 Å². The third-order valence-corrected chi connectivity index (χ3v) is 6.51. The van der Waals surface area contributed by atoms with Gasteiger partial charge in [0.15, 0.2) is 6.23 Å². The Labute approximate surface area is 197 Å². The number of ether oxygens (including phenoxy) is 2. The number of carbonyl (C=O) groups is 1. The van der Waals surface area contributed by atoms with Crippen molar-refractivity contribution in [2.75, 3.05) is 53.5 Å². The monoisotopic (exact) mass is 477 g/mol. The van der Waals surface area contributed by atoms with Gasteiger partial charge in [-0.3, -0.25) is 9.69 Å². The molecule has 1 amide bonds. The molecule has 1 unspecified atom stereocenters. The summed E-state index contributed by atoms with van der Waals surface area (Å²) in [5.41, 5.74) is 1.98. The summed E-state index contributed by atoms with van der Waals surface area (Å²) in [6.45, 7) is 7.72. The first-order chi connectivity index (χ1) is 16.2. The Bertz CT molecular complexity index is 1020. The lowest BCUT2D eigenvalue weighted by atomic mass is 10.0. The number of hydrogen-bond acceptors (Lipinski definition) is 5. The van der Waals surface area contributed by atoms with E-state index in [9.17, 15) is 18.0 Å². The highest BCUT2D eigenvalue weighted by Crippen LogP contribution is 2.37. The van der Waals surface area contributed by atoms with E-state index in [0.717, 1.165) is 56.0 Å². The molecule has 2 heterocycles. The van der Waals surface area contributed by atoms with Crippen LogP contribution in [-0.4, -0.2) is 74.1 Å². The van der Waals surface area contributed by atoms with Gasteiger partial charge in [-0.05, 0) is 49.4 Å². The number of piperazine rings is 1. The molecule has 0 N–H and O–H groups in total. The highest BCUT2D eigenvalue weighted by atomic mass is 19.4. The zero-order valence-corrected chi connectivity index (χ0v) is 19.7. The van der Waals surface area contributed by atoms with Gasteiger partial charge in [0, 0.05) is 57.5 Å². The summed E-state index contributed by atoms with van der Waals surface area (Å²) in [6.07, 6.45) is -5.21. The summed E-state index contributed by atoms with van der Waals surface area (Å²) < 4.78 is 50.3. The molecule has 0 aliphatic carbocycles. The Morgan fingerprint density at radius 1 is 1.06 bits per heavy atom. The minimum Gasteiger partial charge on any atom is -0.492 e. The van der Waals surface area contributed by atoms with Crippen molar-refractivity contribution in [3.63, 3.8) is 0 Å². The zero-order chi connectivity index (χ0) is 24.5. The van der Waals surface area contributed by atoms with E-state index in [2.05, 4.69) is 16.8 Å². The lowest BCUT2D eigenvalue weighted by molar-refractivity contribution is -0.137. The molecule has 1 saturated heterocycles. The number of amides is 1. The van der Waals surface area contributed by atoms with Crippen LogP contribution in [0.1, 0.15) is 38.8 Å². The molecule has 1 fully saturated rings. The van der Waals surface area contributed by atoms with Crippen molar-refractivity contribution in [3.8, 4) is 5.75 Å². The Kier molecular flexibility index (Phi) is 7.16. The molecule has 2 aromatic carbocycles. The number of alkyl halides is 3. The molecule has 184 valence electrons. The summed E-state index contributed by atoms with van der Waals surface area (Å²) in [7, 11) is 3.57. The molecule has 9 heteroatoms. The molecule has 0 radical (unpaired) electrons. The average molecular weight is 478 g/mol. The number of carbonyl (C=O) groups excluding carboxylic acids is 1. The molecule has 0 aromatic heterocycles. The number of nitrogens with zero attached hydrogens (tertiary/aromatic N) is 3. The van der Waals surface area contributed by atoms with Crippen LogP contribution < -0.4 is 4.74 Å². The molecule has 2 aliphatic rings. The van der Waals surface area contributed by atoms with Gasteiger partial charge in [-0.2, -0.15) is 13.2 Å². The third kappa shape index (κ3) is 5.21. The molecule has 0 spiro atoms. The van der Waals surface area contributed by atoms with Crippen LogP contribution in [0.5, 0.6) is 5.75 Å². The molecule has 1 atom stereocenters. The van der Waals surface area contributed by atoms with Crippen molar-refractivity contribution in [1.29, 1.82) is 0 Å². The van der Waals surface area contributed by atoms with E-state index in [1.807, 2.05) is 19.1 Å². The molecule has 34 heavy (non-hydrogen) atoms. The Morgan fingerprint density at radius 2 is 1.74 bits per heavy atom. The van der Waals surface area contributed by atoms with Gasteiger partial charge in [-0.25, -0.2) is 0 Å². The van der Waals surface area contributed by atoms with Crippen LogP contribution >= 0.6 is 0 Å². The van der Waals surface area contributed by atoms with E-state index >= 15 is 0 Å². The first-order valence-corrected chi connectivity index (χ1v) is 11.4. The van der Waals surface area contributed by atoms with Crippen LogP contribution in [0.2, 0.25) is 0 Å². The van der Waals surface area contributed by atoms with Crippen LogP contribution in [0, 0.1) is 6.92 Å². The lowest BCUT2D eigenvalue weighted by Crippen LogP contribution is -2.45. The molecule has 2 aliphatic heterocycles. The zero-order valence-electron chi connectivity index (χ0n) is 19.7. The lowest BCUT2D eigenvalue weighted by Gasteiger charge is -2.32. The molecule has 6 nitrogen and oxygen atoms in total. The summed E-state index contributed by atoms with van der Waals surface area (Å²) in [5.74, 6) is 0.506. The second-order valence-electron chi connectivity index (χ2n) is 8.91. The second kappa shape index (κ2) is 9.93. The second-order valence-corrected chi connectivity index (χ2v) is 8.91. The number of methoxy groups -OCH3 is 1. The van der Waals surface area contributed by atoms with Crippen molar-refractivity contribution in [3.05, 3.63) is 64.2 Å². The number of fused-ring (bicyclic) bond motifs is 1. The maximum Gasteiger partial charge on any atom is 0.416 e. The number of likely N-dealkylation sites (N-methyl/N-ethyl adjacent to an activating group) is 1. The van der Waals surface area contributed by atoms with E-state index < -0.39 is 18.0 Å². The maximum atomic E-state index is 13.2. The summed E-state index contributed by atoms with van der Waals surface area (Å²) in [6, 6.07) is 8.47. The van der Waals surface area contributed by atoms with Gasteiger partial charge in [-0.15, -0.1) is 0 Å². The predicted octanol–water partition coefficient (Wildman–Crippen LogP) is 3.94. The van der Waals surface area contributed by atoms with Crippen LogP contribution in [0.25, 0.3) is 0 Å². The normalized spacial score (nSPS) is 18.3. The van der Waals surface area contributed by atoms with Gasteiger partial charge >= 0.3 is 6.18 Å². The maximum absolute atomic E-state index is 13.2. The Hall–Kier alpha value is -2.62. The van der Waals surface area contributed by atoms with Crippen molar-refractivity contribution in [1.82, 2.24) is 14.7 Å². The van der Waals surface area contributed by atoms with E-state index in [-0.39, 0.29) is 5.91 Å². The number of benzene rings is 2. The van der Waals surface area contributed by atoms with Crippen molar-refractivity contribution < 1.29 is 27.4 Å². The van der Waals surface area contributed by atoms with E-state index in [1.165, 1.54) is 24.1 Å². The van der Waals surface area contributed by atoms with Crippen LogP contribution in [0.15, 0.2) is 36.4 Å². The fourth-order valence-electron chi connectivity index (χ4n) is 4.57. The van der Waals surface area contributed by atoms with E-state index in [1.54, 1.807) is 0 Å². The van der Waals surface area contributed by atoms with Crippen LogP contribution in [-0.2, 0) is 17.5 Å². The summed E-state index contributed by atoms with van der Waals surface area (Å²) >= 11 is 0. The summed E-state index contributed by atoms with van der Waals surface area (Å²) in [4.78, 5) is 19.4. The minimum absolute atomic E-state index is 0.205. The largest absolute Gasteiger partial charge is 0.492 e. The topological polar surface area (TPSA) is 45.3 Å². The van der Waals surface area contributed by atoms with Crippen molar-refractivity contribution in [2.45, 2.75) is 25.9 Å². The first kappa shape index (κ1) is 24.5. The quantitative estimate of drug-likeness (QED) is 0.605. The molecule has 2 aromatic rings. The molecule has 4 rings (SSSR count). The Morgan fingerprint density at radius 3 is 2.35 bits per heavy atom. The van der Waals surface area contributed by atoms with Gasteiger partial charge in [0.1, 0.15) is 12.4 Å². The van der Waals surface area contributed by atoms with E-state index in [4.69, 9.17) is 9.47 Å². The van der Waals surface area contributed by atoms with Crippen molar-refractivity contribution >= 4 is 5.91 Å². The Balaban J connectivity index is 1.44. The number of halogens is 3. The molecular weight excluding hydrogens is 447 g/mol. The SMILES string of the molecule is COC(c1ccc(C(F)(F)F)cc1)N1Cc2cc(OCCN3CCN(C)CC3)cc(C)c2C1=O. The third-order valence-electron chi connectivity index (χ3n) is 6.51. The van der Waals surface area contributed by atoms with Gasteiger partial charge in [-0.1, -0.05) is 12.1 Å². The standard InChI is InChI=1S/C25H30F3N3O3/c1-17-14-21(34-13-12-30-10-8-29(2)9-11-30)15-19-16-31(23(32)22(17)19)24(33-3)18-4-6-20(7-5-18)25(26,27)28/h4-7,14-15,24H,8-13,16H2,1-3H3. The number of rotatable bonds is 7. The number of hydrogen-bond donors (Lipinski definition) is 0. The molecule has 0 saturated carbocycles. The minimum atomic E-state index is -4.42. The van der Waals surface area contributed by atoms with Gasteiger partial charge in [0.25, 0.3) is 5.91 Å². The number of aryl methyl sites for hydroxylation is 1. The van der Waals surface area contributed by atoms with Crippen LogP contribution in [0.4, 0.5) is 13.2 Å². The average Bonchev–Trinajstić information content (AvgIpc) is 3.12. The van der Waals surface area contributed by atoms with Gasteiger partial charge in [0.05, 0.1) is 5.56 Å². The fraction of sp³-hybridized carbons (Fsp3) is 0.480. The highest BCUT2D eigenvalue weighted by molar-refractivity contribution is 6.00. The van der Waals surface area contributed by atoms with Gasteiger partial charge in [0.2, 0.25) is 0 Å². The van der Waals surface area contributed by atoms with Crippen LogP contribution in [0.3, 0.4) is 0 Å². The first-order valence-electron chi connectivity index (χ1n) is 11.4. The fourth-order valence-corrected chi connectivity index (χ4v) is 4.57. The smallest absolute Gasteiger partial charge is 0.416 e. The summed E-state index contributed by atoms with van der Waals surface area (Å²) in [5, 5.41) is 0.